The number of nitrogens with zero attached hydrogens (tertiary/aromatic N) is 2. The fraction of sp³-hybridized carbons (Fsp3) is 0.222. The number of nitro benzene ring substituents is 1. The minimum atomic E-state index is -1.26. The number of rotatable bonds is 6. The number of benzene rings is 2. The third-order valence-electron chi connectivity index (χ3n) is 4.26. The zero-order chi connectivity index (χ0) is 18.7. The molecule has 3 rings (SSSR count). The molecule has 8 nitrogen and oxygen atoms in total. The van der Waals surface area contributed by atoms with Gasteiger partial charge in [0.15, 0.2) is 0 Å². The lowest BCUT2D eigenvalue weighted by Crippen LogP contribution is -2.41. The van der Waals surface area contributed by atoms with Crippen molar-refractivity contribution in [3.63, 3.8) is 0 Å². The molecule has 1 saturated heterocycles. The molecule has 0 unspecified atom stereocenters. The molecule has 8 heteroatoms. The third-order valence-corrected chi connectivity index (χ3v) is 4.26. The number of para-hydroxylation sites is 1. The summed E-state index contributed by atoms with van der Waals surface area (Å²) in [6.45, 7) is 1.84. The van der Waals surface area contributed by atoms with Gasteiger partial charge in [0.2, 0.25) is 0 Å². The molecule has 0 aliphatic carbocycles. The van der Waals surface area contributed by atoms with E-state index in [2.05, 4.69) is 5.32 Å². The Labute approximate surface area is 149 Å². The number of amides is 3. The molecule has 3 amide bonds. The van der Waals surface area contributed by atoms with Crippen LogP contribution in [0.4, 0.5) is 10.5 Å². The summed E-state index contributed by atoms with van der Waals surface area (Å²) in [5.74, 6) is 0.227. The molecule has 2 aromatic rings. The predicted octanol–water partition coefficient (Wildman–Crippen LogP) is 2.44. The van der Waals surface area contributed by atoms with Crippen molar-refractivity contribution in [1.82, 2.24) is 10.2 Å². The molecule has 0 bridgehead atoms. The lowest BCUT2D eigenvalue weighted by molar-refractivity contribution is -0.384. The van der Waals surface area contributed by atoms with Gasteiger partial charge in [-0.3, -0.25) is 19.8 Å². The highest BCUT2D eigenvalue weighted by Crippen LogP contribution is 2.29. The second kappa shape index (κ2) is 6.83. The van der Waals surface area contributed by atoms with Crippen molar-refractivity contribution in [3.8, 4) is 5.75 Å². The Balaban J connectivity index is 1.70. The molecule has 1 aliphatic heterocycles. The molecule has 1 fully saturated rings. The summed E-state index contributed by atoms with van der Waals surface area (Å²) < 4.78 is 5.53. The van der Waals surface area contributed by atoms with Gasteiger partial charge in [-0.25, -0.2) is 4.79 Å². The number of urea groups is 1. The molecule has 0 saturated carbocycles. The van der Waals surface area contributed by atoms with Crippen LogP contribution in [0.2, 0.25) is 0 Å². The first-order chi connectivity index (χ1) is 12.4. The SMILES string of the molecule is C[C@@]1(c2ccc([N+](=O)[O-])cc2)NC(=O)N(CCOc2ccccc2)C1=O. The topological polar surface area (TPSA) is 102 Å². The van der Waals surface area contributed by atoms with E-state index in [0.717, 1.165) is 4.90 Å². The molecule has 1 atom stereocenters. The maximum atomic E-state index is 12.8. The molecule has 26 heavy (non-hydrogen) atoms. The average molecular weight is 355 g/mol. The van der Waals surface area contributed by atoms with Crippen LogP contribution >= 0.6 is 0 Å². The van der Waals surface area contributed by atoms with E-state index in [-0.39, 0.29) is 18.8 Å². The van der Waals surface area contributed by atoms with Crippen LogP contribution in [0.1, 0.15) is 12.5 Å². The first-order valence-corrected chi connectivity index (χ1v) is 7.99. The van der Waals surface area contributed by atoms with Crippen molar-refractivity contribution in [2.24, 2.45) is 0 Å². The molecule has 0 aromatic heterocycles. The second-order valence-corrected chi connectivity index (χ2v) is 5.98. The van der Waals surface area contributed by atoms with Crippen molar-refractivity contribution >= 4 is 17.6 Å². The third kappa shape index (κ3) is 3.21. The maximum Gasteiger partial charge on any atom is 0.325 e. The summed E-state index contributed by atoms with van der Waals surface area (Å²) in [7, 11) is 0. The Morgan fingerprint density at radius 1 is 1.12 bits per heavy atom. The normalized spacial score (nSPS) is 19.3. The van der Waals surface area contributed by atoms with Crippen LogP contribution in [0.3, 0.4) is 0 Å². The van der Waals surface area contributed by atoms with Gasteiger partial charge in [0, 0.05) is 12.1 Å². The van der Waals surface area contributed by atoms with Crippen LogP contribution in [-0.2, 0) is 10.3 Å². The Bertz CT molecular complexity index is 838. The van der Waals surface area contributed by atoms with Crippen LogP contribution in [0.25, 0.3) is 0 Å². The van der Waals surface area contributed by atoms with Crippen LogP contribution in [0.15, 0.2) is 54.6 Å². The summed E-state index contributed by atoms with van der Waals surface area (Å²) in [4.78, 5) is 36.3. The second-order valence-electron chi connectivity index (χ2n) is 5.98. The van der Waals surface area contributed by atoms with Crippen LogP contribution < -0.4 is 10.1 Å². The first kappa shape index (κ1) is 17.4. The van der Waals surface area contributed by atoms with E-state index in [4.69, 9.17) is 4.74 Å². The molecular weight excluding hydrogens is 338 g/mol. The minimum Gasteiger partial charge on any atom is -0.492 e. The van der Waals surface area contributed by atoms with Gasteiger partial charge < -0.3 is 10.1 Å². The lowest BCUT2D eigenvalue weighted by atomic mass is 9.92. The summed E-state index contributed by atoms with van der Waals surface area (Å²) in [6.07, 6.45) is 0. The van der Waals surface area contributed by atoms with Gasteiger partial charge in [-0.2, -0.15) is 0 Å². The number of nitro groups is 1. The first-order valence-electron chi connectivity index (χ1n) is 7.99. The summed E-state index contributed by atoms with van der Waals surface area (Å²) in [5, 5.41) is 13.4. The number of hydrogen-bond acceptors (Lipinski definition) is 5. The smallest absolute Gasteiger partial charge is 0.325 e. The van der Waals surface area contributed by atoms with Crippen molar-refractivity contribution in [1.29, 1.82) is 0 Å². The molecule has 1 aliphatic rings. The maximum absolute atomic E-state index is 12.8. The fourth-order valence-electron chi connectivity index (χ4n) is 2.78. The Hall–Kier alpha value is -3.42. The van der Waals surface area contributed by atoms with Crippen molar-refractivity contribution < 1.29 is 19.2 Å². The monoisotopic (exact) mass is 355 g/mol. The van der Waals surface area contributed by atoms with Gasteiger partial charge in [-0.15, -0.1) is 0 Å². The lowest BCUT2D eigenvalue weighted by Gasteiger charge is -2.22. The van der Waals surface area contributed by atoms with Crippen molar-refractivity contribution in [2.75, 3.05) is 13.2 Å². The van der Waals surface area contributed by atoms with E-state index in [9.17, 15) is 19.7 Å². The Morgan fingerprint density at radius 3 is 2.38 bits per heavy atom. The van der Waals surface area contributed by atoms with Crippen molar-refractivity contribution in [2.45, 2.75) is 12.5 Å². The zero-order valence-corrected chi connectivity index (χ0v) is 14.0. The molecule has 134 valence electrons. The molecule has 0 spiro atoms. The Morgan fingerprint density at radius 2 is 1.77 bits per heavy atom. The Kier molecular flexibility index (Phi) is 4.57. The van der Waals surface area contributed by atoms with E-state index < -0.39 is 22.4 Å². The molecule has 1 heterocycles. The van der Waals surface area contributed by atoms with Gasteiger partial charge in [0.1, 0.15) is 17.9 Å². The zero-order valence-electron chi connectivity index (χ0n) is 14.0. The van der Waals surface area contributed by atoms with Gasteiger partial charge >= 0.3 is 6.03 Å². The van der Waals surface area contributed by atoms with E-state index in [1.807, 2.05) is 18.2 Å². The minimum absolute atomic E-state index is 0.0813. The summed E-state index contributed by atoms with van der Waals surface area (Å²) in [5.41, 5.74) is -0.867. The van der Waals surface area contributed by atoms with E-state index in [1.54, 1.807) is 19.1 Å². The van der Waals surface area contributed by atoms with E-state index in [0.29, 0.717) is 11.3 Å². The molecular formula is C18H17N3O5. The standard InChI is InChI=1S/C18H17N3O5/c1-18(13-7-9-14(10-8-13)21(24)25)16(22)20(17(23)19-18)11-12-26-15-5-3-2-4-6-15/h2-10H,11-12H2,1H3,(H,19,23)/t18-/m0/s1. The number of carbonyl (C=O) groups is 2. The number of hydrogen-bond donors (Lipinski definition) is 1. The molecule has 0 radical (unpaired) electrons. The van der Waals surface area contributed by atoms with Gasteiger partial charge in [-0.05, 0) is 36.8 Å². The number of imide groups is 1. The largest absolute Gasteiger partial charge is 0.492 e. The molecule has 1 N–H and O–H groups in total. The van der Waals surface area contributed by atoms with Crippen LogP contribution in [0.5, 0.6) is 5.75 Å². The van der Waals surface area contributed by atoms with Crippen LogP contribution in [0, 0.1) is 10.1 Å². The fourth-order valence-corrected chi connectivity index (χ4v) is 2.78. The van der Waals surface area contributed by atoms with E-state index >= 15 is 0 Å². The van der Waals surface area contributed by atoms with Crippen molar-refractivity contribution in [3.05, 3.63) is 70.3 Å². The molecule has 2 aromatic carbocycles. The van der Waals surface area contributed by atoms with E-state index in [1.165, 1.54) is 24.3 Å². The van der Waals surface area contributed by atoms with Crippen LogP contribution in [-0.4, -0.2) is 34.9 Å². The van der Waals surface area contributed by atoms with Gasteiger partial charge in [-0.1, -0.05) is 18.2 Å². The average Bonchev–Trinajstić information content (AvgIpc) is 2.86. The summed E-state index contributed by atoms with van der Waals surface area (Å²) in [6, 6.07) is 14.1. The highest BCUT2D eigenvalue weighted by Gasteiger charge is 2.48. The highest BCUT2D eigenvalue weighted by atomic mass is 16.6. The number of nitrogens with one attached hydrogen (secondary N) is 1. The quantitative estimate of drug-likeness (QED) is 0.487. The predicted molar refractivity (Wildman–Crippen MR) is 92.6 cm³/mol. The number of ether oxygens (including phenoxy) is 1. The number of carbonyl (C=O) groups excluding carboxylic acids is 2. The van der Waals surface area contributed by atoms with Gasteiger partial charge in [0.05, 0.1) is 11.5 Å². The van der Waals surface area contributed by atoms with Gasteiger partial charge in [0.25, 0.3) is 11.6 Å². The number of non-ortho nitro benzene ring substituents is 1. The summed E-state index contributed by atoms with van der Waals surface area (Å²) >= 11 is 0. The highest BCUT2D eigenvalue weighted by molar-refractivity contribution is 6.07.